The third kappa shape index (κ3) is 6.46. The molecule has 8 nitrogen and oxygen atoms in total. The second kappa shape index (κ2) is 13.2. The van der Waals surface area contributed by atoms with Crippen molar-refractivity contribution in [2.75, 3.05) is 7.11 Å². The molecule has 1 aliphatic rings. The number of nitrogens with zero attached hydrogens (tertiary/aromatic N) is 3. The zero-order chi connectivity index (χ0) is 29.6. The number of aromatic carboxylic acids is 1. The van der Waals surface area contributed by atoms with Crippen molar-refractivity contribution in [1.29, 1.82) is 0 Å². The number of carbonyl (C=O) groups is 1. The molecule has 1 aliphatic carbocycles. The van der Waals surface area contributed by atoms with E-state index in [1.54, 1.807) is 49.7 Å². The molecule has 1 fully saturated rings. The van der Waals surface area contributed by atoms with E-state index >= 15 is 0 Å². The van der Waals surface area contributed by atoms with E-state index in [0.717, 1.165) is 46.8 Å². The summed E-state index contributed by atoms with van der Waals surface area (Å²) in [7, 11) is 1.57. The standard InChI is InChI=1S/C33H32BrN3O5/c1-3-7-25-16-22(17-29(41-2)30(25)42-20-21-10-12-24(13-11-21)33(39)40)19-35-37-31(23-8-5-4-6-9-23)36-28-15-14-26(34)18-27(28)32(37)38/h3,10-19,23H,1,4-9,20H2,2H3,(H,39,40). The van der Waals surface area contributed by atoms with Crippen molar-refractivity contribution in [2.45, 2.75) is 51.0 Å². The van der Waals surface area contributed by atoms with Gasteiger partial charge in [-0.2, -0.15) is 9.78 Å². The summed E-state index contributed by atoms with van der Waals surface area (Å²) in [6.07, 6.45) is 9.32. The molecule has 1 heterocycles. The molecule has 0 saturated heterocycles. The molecule has 0 atom stereocenters. The molecule has 216 valence electrons. The fourth-order valence-electron chi connectivity index (χ4n) is 5.31. The number of hydrogen-bond acceptors (Lipinski definition) is 6. The number of carboxylic acids is 1. The van der Waals surface area contributed by atoms with Crippen LogP contribution in [-0.2, 0) is 13.0 Å². The van der Waals surface area contributed by atoms with Gasteiger partial charge in [0, 0.05) is 16.0 Å². The number of fused-ring (bicyclic) bond motifs is 1. The van der Waals surface area contributed by atoms with Gasteiger partial charge < -0.3 is 14.6 Å². The van der Waals surface area contributed by atoms with E-state index in [-0.39, 0.29) is 23.6 Å². The van der Waals surface area contributed by atoms with Crippen LogP contribution in [0.1, 0.15) is 70.9 Å². The number of methoxy groups -OCH3 is 1. The van der Waals surface area contributed by atoms with Gasteiger partial charge in [-0.3, -0.25) is 4.79 Å². The molecular formula is C33H32BrN3O5. The predicted molar refractivity (Wildman–Crippen MR) is 167 cm³/mol. The Hall–Kier alpha value is -4.24. The highest BCUT2D eigenvalue weighted by atomic mass is 79.9. The fourth-order valence-corrected chi connectivity index (χ4v) is 5.67. The van der Waals surface area contributed by atoms with Gasteiger partial charge >= 0.3 is 5.97 Å². The topological polar surface area (TPSA) is 103 Å². The molecule has 1 aromatic heterocycles. The molecule has 0 spiro atoms. The van der Waals surface area contributed by atoms with Gasteiger partial charge in [-0.05, 0) is 72.9 Å². The van der Waals surface area contributed by atoms with Crippen LogP contribution in [0.15, 0.2) is 81.6 Å². The fraction of sp³-hybridized carbons (Fsp3) is 0.273. The van der Waals surface area contributed by atoms with E-state index in [1.165, 1.54) is 11.1 Å². The summed E-state index contributed by atoms with van der Waals surface area (Å²) in [6.45, 7) is 4.12. The molecule has 4 aromatic rings. The van der Waals surface area contributed by atoms with Crippen LogP contribution < -0.4 is 15.0 Å². The number of hydrogen-bond donors (Lipinski definition) is 1. The third-order valence-corrected chi connectivity index (χ3v) is 7.94. The van der Waals surface area contributed by atoms with Crippen LogP contribution >= 0.6 is 15.9 Å². The van der Waals surface area contributed by atoms with Crippen molar-refractivity contribution in [3.05, 3.63) is 110 Å². The van der Waals surface area contributed by atoms with Gasteiger partial charge in [0.15, 0.2) is 11.5 Å². The molecule has 42 heavy (non-hydrogen) atoms. The maximum absolute atomic E-state index is 13.7. The van der Waals surface area contributed by atoms with Crippen molar-refractivity contribution in [2.24, 2.45) is 5.10 Å². The summed E-state index contributed by atoms with van der Waals surface area (Å²) in [5, 5.41) is 14.3. The van der Waals surface area contributed by atoms with E-state index in [9.17, 15) is 9.59 Å². The minimum absolute atomic E-state index is 0.169. The Labute approximate surface area is 252 Å². The number of rotatable bonds is 10. The minimum Gasteiger partial charge on any atom is -0.493 e. The number of benzene rings is 3. The first-order valence-electron chi connectivity index (χ1n) is 13.9. The largest absolute Gasteiger partial charge is 0.493 e. The monoisotopic (exact) mass is 629 g/mol. The zero-order valence-corrected chi connectivity index (χ0v) is 25.0. The molecule has 1 saturated carbocycles. The second-order valence-corrected chi connectivity index (χ2v) is 11.2. The van der Waals surface area contributed by atoms with Crippen molar-refractivity contribution in [3.8, 4) is 11.5 Å². The summed E-state index contributed by atoms with van der Waals surface area (Å²) in [5.41, 5.74) is 3.08. The maximum atomic E-state index is 13.7. The summed E-state index contributed by atoms with van der Waals surface area (Å²) >= 11 is 3.47. The minimum atomic E-state index is -0.977. The number of carboxylic acid groups (broad SMARTS) is 1. The van der Waals surface area contributed by atoms with Crippen molar-refractivity contribution < 1.29 is 19.4 Å². The Kier molecular flexibility index (Phi) is 9.17. The van der Waals surface area contributed by atoms with E-state index in [2.05, 4.69) is 27.6 Å². The van der Waals surface area contributed by atoms with Crippen LogP contribution in [0.2, 0.25) is 0 Å². The molecule has 1 N–H and O–H groups in total. The van der Waals surface area contributed by atoms with Gasteiger partial charge in [-0.1, -0.05) is 53.4 Å². The van der Waals surface area contributed by atoms with Crippen LogP contribution in [0.3, 0.4) is 0 Å². The first-order chi connectivity index (χ1) is 20.4. The molecular weight excluding hydrogens is 598 g/mol. The molecule has 0 radical (unpaired) electrons. The molecule has 0 unspecified atom stereocenters. The lowest BCUT2D eigenvalue weighted by molar-refractivity contribution is 0.0697. The van der Waals surface area contributed by atoms with E-state index in [1.807, 2.05) is 24.3 Å². The molecule has 9 heteroatoms. The second-order valence-electron chi connectivity index (χ2n) is 10.3. The van der Waals surface area contributed by atoms with Crippen LogP contribution in [-0.4, -0.2) is 34.1 Å². The van der Waals surface area contributed by atoms with E-state index in [0.29, 0.717) is 34.6 Å². The lowest BCUT2D eigenvalue weighted by atomic mass is 9.88. The molecule has 0 amide bonds. The third-order valence-electron chi connectivity index (χ3n) is 7.45. The number of aromatic nitrogens is 2. The highest BCUT2D eigenvalue weighted by Crippen LogP contribution is 2.35. The van der Waals surface area contributed by atoms with Crippen molar-refractivity contribution in [3.63, 3.8) is 0 Å². The van der Waals surface area contributed by atoms with Crippen molar-refractivity contribution >= 4 is 39.0 Å². The van der Waals surface area contributed by atoms with Crippen molar-refractivity contribution in [1.82, 2.24) is 9.66 Å². The van der Waals surface area contributed by atoms with Gasteiger partial charge in [0.1, 0.15) is 12.4 Å². The Morgan fingerprint density at radius 3 is 2.60 bits per heavy atom. The van der Waals surface area contributed by atoms with Crippen LogP contribution in [0, 0.1) is 0 Å². The Morgan fingerprint density at radius 2 is 1.90 bits per heavy atom. The van der Waals surface area contributed by atoms with E-state index < -0.39 is 5.97 Å². The molecule has 0 aliphatic heterocycles. The number of ether oxygens (including phenoxy) is 2. The van der Waals surface area contributed by atoms with Crippen LogP contribution in [0.5, 0.6) is 11.5 Å². The van der Waals surface area contributed by atoms with Gasteiger partial charge in [0.25, 0.3) is 5.56 Å². The predicted octanol–water partition coefficient (Wildman–Crippen LogP) is 7.10. The smallest absolute Gasteiger partial charge is 0.335 e. The molecule has 5 rings (SSSR count). The molecule has 3 aromatic carbocycles. The SMILES string of the molecule is C=CCc1cc(C=Nn2c(C3CCCCC3)nc3ccc(Br)cc3c2=O)cc(OC)c1OCc1ccc(C(=O)O)cc1. The summed E-state index contributed by atoms with van der Waals surface area (Å²) in [5.74, 6) is 0.961. The van der Waals surface area contributed by atoms with Gasteiger partial charge in [0.05, 0.1) is 29.8 Å². The maximum Gasteiger partial charge on any atom is 0.335 e. The Bertz CT molecular complexity index is 1710. The van der Waals surface area contributed by atoms with E-state index in [4.69, 9.17) is 19.6 Å². The Balaban J connectivity index is 1.50. The summed E-state index contributed by atoms with van der Waals surface area (Å²) < 4.78 is 14.1. The molecule has 0 bridgehead atoms. The first-order valence-corrected chi connectivity index (χ1v) is 14.7. The summed E-state index contributed by atoms with van der Waals surface area (Å²) in [4.78, 5) is 29.8. The van der Waals surface area contributed by atoms with Gasteiger partial charge in [-0.15, -0.1) is 6.58 Å². The zero-order valence-electron chi connectivity index (χ0n) is 23.4. The normalized spacial score (nSPS) is 13.9. The summed E-state index contributed by atoms with van der Waals surface area (Å²) in [6, 6.07) is 15.8. The highest BCUT2D eigenvalue weighted by Gasteiger charge is 2.23. The number of allylic oxidation sites excluding steroid dienone is 1. The van der Waals surface area contributed by atoms with Gasteiger partial charge in [0.2, 0.25) is 0 Å². The highest BCUT2D eigenvalue weighted by molar-refractivity contribution is 9.10. The lowest BCUT2D eigenvalue weighted by Crippen LogP contribution is -2.25. The Morgan fingerprint density at radius 1 is 1.14 bits per heavy atom. The lowest BCUT2D eigenvalue weighted by Gasteiger charge is -2.22. The average Bonchev–Trinajstić information content (AvgIpc) is 3.00. The number of halogens is 1. The van der Waals surface area contributed by atoms with Crippen LogP contribution in [0.25, 0.3) is 10.9 Å². The average molecular weight is 631 g/mol. The first kappa shape index (κ1) is 29.3. The van der Waals surface area contributed by atoms with Gasteiger partial charge in [-0.25, -0.2) is 9.78 Å². The quantitative estimate of drug-likeness (QED) is 0.148. The van der Waals surface area contributed by atoms with Crippen LogP contribution in [0.4, 0.5) is 0 Å².